The van der Waals surface area contributed by atoms with E-state index in [0.29, 0.717) is 13.0 Å². The topological polar surface area (TPSA) is 32.3 Å². The van der Waals surface area contributed by atoms with E-state index in [1.807, 2.05) is 24.1 Å². The molecule has 2 rings (SSSR count). The number of nitrogens with zero attached hydrogens (tertiary/aromatic N) is 1. The second-order valence-corrected chi connectivity index (χ2v) is 6.99. The summed E-state index contributed by atoms with van der Waals surface area (Å²) >= 11 is 7.44. The largest absolute Gasteiger partial charge is 0.341 e. The van der Waals surface area contributed by atoms with Crippen molar-refractivity contribution >= 4 is 28.8 Å². The van der Waals surface area contributed by atoms with Crippen molar-refractivity contribution in [2.75, 3.05) is 20.1 Å². The molecule has 1 aliphatic heterocycles. The van der Waals surface area contributed by atoms with Gasteiger partial charge in [-0.05, 0) is 50.4 Å². The Labute approximate surface area is 123 Å². The summed E-state index contributed by atoms with van der Waals surface area (Å²) in [5.41, 5.74) is 0. The number of hydrogen-bond donors (Lipinski definition) is 1. The molecule has 1 aromatic heterocycles. The zero-order valence-corrected chi connectivity index (χ0v) is 12.9. The highest BCUT2D eigenvalue weighted by Gasteiger charge is 2.16. The van der Waals surface area contributed by atoms with Crippen LogP contribution in [0.1, 0.15) is 30.6 Å². The average Bonchev–Trinajstić information content (AvgIpc) is 2.82. The summed E-state index contributed by atoms with van der Waals surface area (Å²) in [4.78, 5) is 15.0. The van der Waals surface area contributed by atoms with Gasteiger partial charge in [0.05, 0.1) is 10.9 Å². The molecule has 0 radical (unpaired) electrons. The molecule has 0 saturated carbocycles. The van der Waals surface area contributed by atoms with Crippen molar-refractivity contribution in [3.8, 4) is 0 Å². The van der Waals surface area contributed by atoms with Crippen LogP contribution in [0.5, 0.6) is 0 Å². The molecule has 5 heteroatoms. The fraction of sp³-hybridized carbons (Fsp3) is 0.643. The van der Waals surface area contributed by atoms with E-state index >= 15 is 0 Å². The molecule has 1 N–H and O–H groups in total. The molecule has 0 aliphatic carbocycles. The molecule has 1 saturated heterocycles. The highest BCUT2D eigenvalue weighted by molar-refractivity contribution is 7.16. The van der Waals surface area contributed by atoms with Crippen LogP contribution >= 0.6 is 22.9 Å². The average molecular weight is 301 g/mol. The van der Waals surface area contributed by atoms with Crippen molar-refractivity contribution in [2.24, 2.45) is 5.92 Å². The van der Waals surface area contributed by atoms with Crippen molar-refractivity contribution in [2.45, 2.75) is 32.2 Å². The summed E-state index contributed by atoms with van der Waals surface area (Å²) < 4.78 is 0.783. The van der Waals surface area contributed by atoms with Gasteiger partial charge >= 0.3 is 0 Å². The van der Waals surface area contributed by atoms with Crippen LogP contribution in [0.3, 0.4) is 0 Å². The minimum Gasteiger partial charge on any atom is -0.341 e. The molecule has 1 amide bonds. The monoisotopic (exact) mass is 300 g/mol. The number of piperidine rings is 1. The van der Waals surface area contributed by atoms with Gasteiger partial charge in [-0.3, -0.25) is 4.79 Å². The first-order valence-corrected chi connectivity index (χ1v) is 8.03. The molecule has 0 aromatic carbocycles. The molecule has 0 atom stereocenters. The highest BCUT2D eigenvalue weighted by atomic mass is 35.5. The number of carbonyl (C=O) groups excluding carboxylic acids is 1. The standard InChI is InChI=1S/C14H21ClN2OS/c1-17(10-12-3-4-13(15)19-12)14(18)5-2-11-6-8-16-9-7-11/h3-4,11,16H,2,5-10H2,1H3. The van der Waals surface area contributed by atoms with Gasteiger partial charge in [0.25, 0.3) is 0 Å². The van der Waals surface area contributed by atoms with Crippen molar-refractivity contribution in [3.05, 3.63) is 21.3 Å². The summed E-state index contributed by atoms with van der Waals surface area (Å²) in [6.45, 7) is 2.87. The lowest BCUT2D eigenvalue weighted by molar-refractivity contribution is -0.130. The van der Waals surface area contributed by atoms with Gasteiger partial charge in [-0.25, -0.2) is 0 Å². The van der Waals surface area contributed by atoms with E-state index in [4.69, 9.17) is 11.6 Å². The van der Waals surface area contributed by atoms with Crippen LogP contribution < -0.4 is 5.32 Å². The van der Waals surface area contributed by atoms with Gasteiger partial charge < -0.3 is 10.2 Å². The minimum atomic E-state index is 0.239. The van der Waals surface area contributed by atoms with Crippen LogP contribution in [-0.4, -0.2) is 30.9 Å². The number of amides is 1. The highest BCUT2D eigenvalue weighted by Crippen LogP contribution is 2.23. The molecule has 0 spiro atoms. The van der Waals surface area contributed by atoms with Crippen LogP contribution in [-0.2, 0) is 11.3 Å². The maximum Gasteiger partial charge on any atom is 0.222 e. The summed E-state index contributed by atoms with van der Waals surface area (Å²) in [5, 5.41) is 3.35. The molecule has 1 fully saturated rings. The van der Waals surface area contributed by atoms with Crippen molar-refractivity contribution in [1.29, 1.82) is 0 Å². The van der Waals surface area contributed by atoms with Gasteiger partial charge in [-0.2, -0.15) is 0 Å². The Kier molecular flexibility index (Phi) is 5.67. The molecule has 106 valence electrons. The van der Waals surface area contributed by atoms with E-state index in [1.54, 1.807) is 11.3 Å². The second kappa shape index (κ2) is 7.27. The molecule has 3 nitrogen and oxygen atoms in total. The van der Waals surface area contributed by atoms with Crippen LogP contribution in [0.25, 0.3) is 0 Å². The molecule has 1 aliphatic rings. The maximum atomic E-state index is 12.1. The number of hydrogen-bond acceptors (Lipinski definition) is 3. The first-order valence-electron chi connectivity index (χ1n) is 6.84. The molecule has 2 heterocycles. The lowest BCUT2D eigenvalue weighted by Crippen LogP contribution is -2.30. The summed E-state index contributed by atoms with van der Waals surface area (Å²) in [6.07, 6.45) is 4.10. The van der Waals surface area contributed by atoms with E-state index in [9.17, 15) is 4.79 Å². The fourth-order valence-electron chi connectivity index (χ4n) is 2.45. The number of thiophene rings is 1. The van der Waals surface area contributed by atoms with Crippen molar-refractivity contribution in [1.82, 2.24) is 10.2 Å². The predicted molar refractivity (Wildman–Crippen MR) is 80.6 cm³/mol. The third-order valence-corrected chi connectivity index (χ3v) is 4.89. The van der Waals surface area contributed by atoms with E-state index in [1.165, 1.54) is 12.8 Å². The minimum absolute atomic E-state index is 0.239. The Bertz CT molecular complexity index is 415. The Balaban J connectivity index is 1.72. The van der Waals surface area contributed by atoms with Gasteiger partial charge in [0.15, 0.2) is 0 Å². The van der Waals surface area contributed by atoms with Crippen LogP contribution in [0.2, 0.25) is 4.34 Å². The first kappa shape index (κ1) is 14.8. The zero-order chi connectivity index (χ0) is 13.7. The summed E-state index contributed by atoms with van der Waals surface area (Å²) in [5.74, 6) is 0.956. The summed E-state index contributed by atoms with van der Waals surface area (Å²) in [6, 6.07) is 3.87. The van der Waals surface area contributed by atoms with Gasteiger partial charge in [0, 0.05) is 18.3 Å². The number of halogens is 1. The van der Waals surface area contributed by atoms with Gasteiger partial charge in [0.1, 0.15) is 0 Å². The lowest BCUT2D eigenvalue weighted by Gasteiger charge is -2.23. The smallest absolute Gasteiger partial charge is 0.222 e. The Hall–Kier alpha value is -0.580. The molecular weight excluding hydrogens is 280 g/mol. The third-order valence-electron chi connectivity index (χ3n) is 3.67. The number of rotatable bonds is 5. The van der Waals surface area contributed by atoms with Crippen molar-refractivity contribution in [3.63, 3.8) is 0 Å². The number of nitrogens with one attached hydrogen (secondary N) is 1. The van der Waals surface area contributed by atoms with Crippen LogP contribution in [0.4, 0.5) is 0 Å². The Morgan fingerprint density at radius 2 is 2.21 bits per heavy atom. The van der Waals surface area contributed by atoms with Crippen molar-refractivity contribution < 1.29 is 4.79 Å². The van der Waals surface area contributed by atoms with E-state index in [2.05, 4.69) is 5.32 Å². The maximum absolute atomic E-state index is 12.1. The zero-order valence-electron chi connectivity index (χ0n) is 11.3. The van der Waals surface area contributed by atoms with Gasteiger partial charge in [0.2, 0.25) is 5.91 Å². The molecule has 0 unspecified atom stereocenters. The van der Waals surface area contributed by atoms with E-state index in [-0.39, 0.29) is 5.91 Å². The van der Waals surface area contributed by atoms with Crippen LogP contribution in [0.15, 0.2) is 12.1 Å². The quantitative estimate of drug-likeness (QED) is 0.906. The first-order chi connectivity index (χ1) is 9.15. The Morgan fingerprint density at radius 1 is 1.47 bits per heavy atom. The predicted octanol–water partition coefficient (Wildman–Crippen LogP) is 3.14. The molecule has 0 bridgehead atoms. The molecule has 19 heavy (non-hydrogen) atoms. The second-order valence-electron chi connectivity index (χ2n) is 5.19. The van der Waals surface area contributed by atoms with Gasteiger partial charge in [-0.1, -0.05) is 11.6 Å². The van der Waals surface area contributed by atoms with Gasteiger partial charge in [-0.15, -0.1) is 11.3 Å². The van der Waals surface area contributed by atoms with E-state index < -0.39 is 0 Å². The summed E-state index contributed by atoms with van der Waals surface area (Å²) in [7, 11) is 1.87. The molecule has 1 aromatic rings. The SMILES string of the molecule is CN(Cc1ccc(Cl)s1)C(=O)CCC1CCNCC1. The van der Waals surface area contributed by atoms with Crippen LogP contribution in [0, 0.1) is 5.92 Å². The normalized spacial score (nSPS) is 16.5. The lowest BCUT2D eigenvalue weighted by atomic mass is 9.93. The van der Waals surface area contributed by atoms with E-state index in [0.717, 1.165) is 34.6 Å². The molecular formula is C14H21ClN2OS. The third kappa shape index (κ3) is 4.79. The number of carbonyl (C=O) groups is 1. The fourth-order valence-corrected chi connectivity index (χ4v) is 3.59. The Morgan fingerprint density at radius 3 is 2.84 bits per heavy atom.